The van der Waals surface area contributed by atoms with Crippen LogP contribution in [0.2, 0.25) is 5.02 Å². The quantitative estimate of drug-likeness (QED) is 0.525. The van der Waals surface area contributed by atoms with E-state index in [0.717, 1.165) is 5.52 Å². The molecule has 0 N–H and O–H groups in total. The first-order valence-corrected chi connectivity index (χ1v) is 7.74. The zero-order chi connectivity index (χ0) is 16.6. The van der Waals surface area contributed by atoms with E-state index in [1.165, 1.54) is 23.5 Å². The van der Waals surface area contributed by atoms with Gasteiger partial charge in [-0.25, -0.2) is 0 Å². The predicted molar refractivity (Wildman–Crippen MR) is 88.8 cm³/mol. The highest BCUT2D eigenvalue weighted by Gasteiger charge is 2.12. The topological polar surface area (TPSA) is 77.5 Å². The fraction of sp³-hybridized carbons (Fsp3) is 0.0667. The number of halogens is 1. The van der Waals surface area contributed by atoms with Gasteiger partial charge >= 0.3 is 0 Å². The van der Waals surface area contributed by atoms with Crippen LogP contribution in [0.15, 0.2) is 47.5 Å². The third-order valence-corrected chi connectivity index (χ3v) is 4.73. The second-order valence-corrected chi connectivity index (χ2v) is 6.17. The summed E-state index contributed by atoms with van der Waals surface area (Å²) in [7, 11) is 1.75. The van der Waals surface area contributed by atoms with Gasteiger partial charge in [-0.15, -0.1) is 0 Å². The van der Waals surface area contributed by atoms with Crippen molar-refractivity contribution >= 4 is 44.7 Å². The molecule has 0 aliphatic carbocycles. The highest BCUT2D eigenvalue weighted by Crippen LogP contribution is 2.23. The van der Waals surface area contributed by atoms with Crippen LogP contribution in [0.1, 0.15) is 10.4 Å². The molecule has 1 heterocycles. The summed E-state index contributed by atoms with van der Waals surface area (Å²) < 4.78 is 2.41. The predicted octanol–water partition coefficient (Wildman–Crippen LogP) is 3.54. The molecule has 0 atom stereocenters. The first kappa shape index (κ1) is 15.4. The SMILES string of the molecule is Cn1c(=NC(=O)c2ccccc2Cl)sc2cc([N+](=O)[O-])ccc21. The highest BCUT2D eigenvalue weighted by molar-refractivity contribution is 7.16. The molecule has 0 spiro atoms. The maximum absolute atomic E-state index is 12.3. The van der Waals surface area contributed by atoms with Gasteiger partial charge in [0.25, 0.3) is 11.6 Å². The molecule has 0 fully saturated rings. The molecule has 0 saturated carbocycles. The van der Waals surface area contributed by atoms with E-state index >= 15 is 0 Å². The zero-order valence-corrected chi connectivity index (χ0v) is 13.5. The second-order valence-electron chi connectivity index (χ2n) is 4.75. The van der Waals surface area contributed by atoms with E-state index in [1.54, 1.807) is 41.9 Å². The van der Waals surface area contributed by atoms with Gasteiger partial charge in [-0.1, -0.05) is 35.1 Å². The van der Waals surface area contributed by atoms with Crippen molar-refractivity contribution in [1.82, 2.24) is 4.57 Å². The van der Waals surface area contributed by atoms with E-state index in [0.29, 0.717) is 20.1 Å². The van der Waals surface area contributed by atoms with Gasteiger partial charge < -0.3 is 4.57 Å². The van der Waals surface area contributed by atoms with Crippen LogP contribution >= 0.6 is 22.9 Å². The minimum Gasteiger partial charge on any atom is -0.319 e. The summed E-state index contributed by atoms with van der Waals surface area (Å²) in [6.07, 6.45) is 0. The Balaban J connectivity index is 2.12. The summed E-state index contributed by atoms with van der Waals surface area (Å²) in [6.45, 7) is 0. The lowest BCUT2D eigenvalue weighted by atomic mass is 10.2. The first-order chi connectivity index (χ1) is 11.0. The zero-order valence-electron chi connectivity index (χ0n) is 11.9. The third-order valence-electron chi connectivity index (χ3n) is 3.31. The van der Waals surface area contributed by atoms with Gasteiger partial charge in [-0.3, -0.25) is 14.9 Å². The second kappa shape index (κ2) is 5.94. The first-order valence-electron chi connectivity index (χ1n) is 6.55. The number of nitro benzene ring substituents is 1. The van der Waals surface area contributed by atoms with Crippen molar-refractivity contribution < 1.29 is 9.72 Å². The number of fused-ring (bicyclic) bond motifs is 1. The molecule has 23 heavy (non-hydrogen) atoms. The number of aryl methyl sites for hydroxylation is 1. The summed E-state index contributed by atoms with van der Waals surface area (Å²) in [6, 6.07) is 11.2. The Morgan fingerprint density at radius 3 is 2.74 bits per heavy atom. The van der Waals surface area contributed by atoms with Crippen LogP contribution in [-0.2, 0) is 7.05 Å². The average molecular weight is 348 g/mol. The van der Waals surface area contributed by atoms with Gasteiger partial charge in [-0.2, -0.15) is 4.99 Å². The normalized spacial score (nSPS) is 11.8. The van der Waals surface area contributed by atoms with Gasteiger partial charge in [0.15, 0.2) is 4.80 Å². The molecule has 3 rings (SSSR count). The van der Waals surface area contributed by atoms with E-state index in [4.69, 9.17) is 11.6 Å². The molecule has 3 aromatic rings. The maximum atomic E-state index is 12.3. The minimum atomic E-state index is -0.454. The summed E-state index contributed by atoms with van der Waals surface area (Å²) in [5.41, 5.74) is 1.09. The number of nitro groups is 1. The highest BCUT2D eigenvalue weighted by atomic mass is 35.5. The molecule has 0 unspecified atom stereocenters. The lowest BCUT2D eigenvalue weighted by Crippen LogP contribution is -2.13. The minimum absolute atomic E-state index is 0.00308. The fourth-order valence-corrected chi connectivity index (χ4v) is 3.39. The van der Waals surface area contributed by atoms with Crippen molar-refractivity contribution in [2.45, 2.75) is 0 Å². The number of benzene rings is 2. The van der Waals surface area contributed by atoms with Crippen molar-refractivity contribution in [2.75, 3.05) is 0 Å². The van der Waals surface area contributed by atoms with Gasteiger partial charge in [0.2, 0.25) is 0 Å². The van der Waals surface area contributed by atoms with Crippen molar-refractivity contribution in [3.63, 3.8) is 0 Å². The van der Waals surface area contributed by atoms with Gasteiger partial charge in [0.05, 0.1) is 25.7 Å². The van der Waals surface area contributed by atoms with Gasteiger partial charge in [0.1, 0.15) is 0 Å². The van der Waals surface area contributed by atoms with Gasteiger partial charge in [-0.05, 0) is 18.2 Å². The Kier molecular flexibility index (Phi) is 3.97. The van der Waals surface area contributed by atoms with E-state index < -0.39 is 10.8 Å². The number of nitrogens with zero attached hydrogens (tertiary/aromatic N) is 3. The number of aromatic nitrogens is 1. The lowest BCUT2D eigenvalue weighted by molar-refractivity contribution is -0.384. The maximum Gasteiger partial charge on any atom is 0.281 e. The van der Waals surface area contributed by atoms with Gasteiger partial charge in [0, 0.05) is 19.2 Å². The lowest BCUT2D eigenvalue weighted by Gasteiger charge is -1.98. The Labute approximate surface area is 139 Å². The standard InChI is InChI=1S/C15H10ClN3O3S/c1-18-12-7-6-9(19(21)22)8-13(12)23-15(18)17-14(20)10-4-2-3-5-11(10)16/h2-8H,1H3. The molecule has 1 aromatic heterocycles. The number of carbonyl (C=O) groups is 1. The van der Waals surface area contributed by atoms with E-state index in [2.05, 4.69) is 4.99 Å². The molecule has 0 aliphatic heterocycles. The largest absolute Gasteiger partial charge is 0.319 e. The van der Waals surface area contributed by atoms with E-state index in [-0.39, 0.29) is 5.69 Å². The van der Waals surface area contributed by atoms with Crippen molar-refractivity contribution in [3.8, 4) is 0 Å². The fourth-order valence-electron chi connectivity index (χ4n) is 2.12. The number of hydrogen-bond donors (Lipinski definition) is 0. The van der Waals surface area contributed by atoms with Crippen LogP contribution in [0.3, 0.4) is 0 Å². The smallest absolute Gasteiger partial charge is 0.281 e. The van der Waals surface area contributed by atoms with E-state index in [9.17, 15) is 14.9 Å². The van der Waals surface area contributed by atoms with Crippen LogP contribution in [0.4, 0.5) is 5.69 Å². The molecule has 8 heteroatoms. The Morgan fingerprint density at radius 1 is 1.30 bits per heavy atom. The monoisotopic (exact) mass is 347 g/mol. The van der Waals surface area contributed by atoms with Crippen molar-refractivity contribution in [3.05, 3.63) is 68.0 Å². The van der Waals surface area contributed by atoms with Crippen LogP contribution in [0.25, 0.3) is 10.2 Å². The number of rotatable bonds is 2. The molecule has 0 saturated heterocycles. The summed E-state index contributed by atoms with van der Waals surface area (Å²) >= 11 is 7.21. The molecular weight excluding hydrogens is 338 g/mol. The Morgan fingerprint density at radius 2 is 2.04 bits per heavy atom. The molecule has 0 bridgehead atoms. The Hall–Kier alpha value is -2.51. The number of thiazole rings is 1. The molecule has 2 aromatic carbocycles. The third kappa shape index (κ3) is 2.88. The summed E-state index contributed by atoms with van der Waals surface area (Å²) in [5, 5.41) is 11.2. The van der Waals surface area contributed by atoms with Crippen LogP contribution < -0.4 is 4.80 Å². The van der Waals surface area contributed by atoms with Crippen molar-refractivity contribution in [1.29, 1.82) is 0 Å². The number of amides is 1. The number of carbonyl (C=O) groups excluding carboxylic acids is 1. The average Bonchev–Trinajstić information content (AvgIpc) is 2.83. The molecule has 0 aliphatic rings. The van der Waals surface area contributed by atoms with Crippen LogP contribution in [-0.4, -0.2) is 15.4 Å². The van der Waals surface area contributed by atoms with E-state index in [1.807, 2.05) is 0 Å². The molecule has 0 radical (unpaired) electrons. The molecule has 6 nitrogen and oxygen atoms in total. The molecule has 1 amide bonds. The molecular formula is C15H10ClN3O3S. The van der Waals surface area contributed by atoms with Crippen molar-refractivity contribution in [2.24, 2.45) is 12.0 Å². The number of non-ortho nitro benzene ring substituents is 1. The summed E-state index contributed by atoms with van der Waals surface area (Å²) in [4.78, 5) is 27.2. The van der Waals surface area contributed by atoms with Crippen LogP contribution in [0, 0.1) is 10.1 Å². The summed E-state index contributed by atoms with van der Waals surface area (Å²) in [5.74, 6) is -0.452. The number of hydrogen-bond acceptors (Lipinski definition) is 4. The Bertz CT molecular complexity index is 1010. The molecule has 116 valence electrons. The van der Waals surface area contributed by atoms with Crippen LogP contribution in [0.5, 0.6) is 0 Å².